The van der Waals surface area contributed by atoms with E-state index in [1.54, 1.807) is 23.3 Å². The number of carbonyl (C=O) groups excluding carboxylic acids is 1. The van der Waals surface area contributed by atoms with Gasteiger partial charge in [0.15, 0.2) is 0 Å². The third-order valence-corrected chi connectivity index (χ3v) is 5.17. The van der Waals surface area contributed by atoms with E-state index in [4.69, 9.17) is 9.47 Å². The number of pyridine rings is 1. The maximum absolute atomic E-state index is 12.4. The molecular weight excluding hydrogens is 396 g/mol. The molecule has 158 valence electrons. The molecule has 1 aliphatic rings. The number of anilines is 1. The third kappa shape index (κ3) is 4.33. The number of benzene rings is 1. The summed E-state index contributed by atoms with van der Waals surface area (Å²) in [6.45, 7) is 4.18. The van der Waals surface area contributed by atoms with E-state index in [0.717, 1.165) is 35.2 Å². The topological polar surface area (TPSA) is 115 Å². The van der Waals surface area contributed by atoms with Crippen molar-refractivity contribution in [3.63, 3.8) is 0 Å². The first kappa shape index (κ1) is 20.3. The molecule has 0 atom stereocenters. The molecule has 2 aromatic heterocycles. The van der Waals surface area contributed by atoms with Crippen LogP contribution in [0.1, 0.15) is 45.5 Å². The van der Waals surface area contributed by atoms with Gasteiger partial charge in [0, 0.05) is 12.2 Å². The van der Waals surface area contributed by atoms with Gasteiger partial charge >= 0.3 is 5.97 Å². The second-order valence-corrected chi connectivity index (χ2v) is 7.47. The molecule has 3 aromatic rings. The van der Waals surface area contributed by atoms with Crippen LogP contribution in [0.4, 0.5) is 5.69 Å². The van der Waals surface area contributed by atoms with Gasteiger partial charge < -0.3 is 14.8 Å². The van der Waals surface area contributed by atoms with Crippen LogP contribution in [-0.4, -0.2) is 38.9 Å². The van der Waals surface area contributed by atoms with Crippen LogP contribution >= 0.6 is 0 Å². The lowest BCUT2D eigenvalue weighted by Gasteiger charge is -2.16. The van der Waals surface area contributed by atoms with Crippen molar-refractivity contribution in [2.24, 2.45) is 0 Å². The average Bonchev–Trinajstić information content (AvgIpc) is 3.43. The van der Waals surface area contributed by atoms with E-state index in [0.29, 0.717) is 29.5 Å². The molecule has 0 unspecified atom stereocenters. The summed E-state index contributed by atoms with van der Waals surface area (Å²) in [6.07, 6.45) is 6.87. The Bertz CT molecular complexity index is 1160. The van der Waals surface area contributed by atoms with Crippen molar-refractivity contribution in [1.29, 1.82) is 5.26 Å². The average molecular weight is 418 g/mol. The van der Waals surface area contributed by atoms with Crippen LogP contribution in [0.2, 0.25) is 0 Å². The number of methoxy groups -OCH3 is 1. The minimum absolute atomic E-state index is 0.181. The van der Waals surface area contributed by atoms with Crippen LogP contribution in [0, 0.1) is 25.2 Å². The van der Waals surface area contributed by atoms with Gasteiger partial charge in [-0.2, -0.15) is 10.4 Å². The molecule has 4 rings (SSSR count). The molecule has 0 bridgehead atoms. The zero-order chi connectivity index (χ0) is 22.0. The molecule has 9 heteroatoms. The number of ether oxygens (including phenoxy) is 2. The van der Waals surface area contributed by atoms with Crippen LogP contribution in [0.3, 0.4) is 0 Å². The number of aromatic nitrogens is 4. The minimum Gasteiger partial charge on any atom is -0.465 e. The van der Waals surface area contributed by atoms with Gasteiger partial charge in [0.2, 0.25) is 5.88 Å². The van der Waals surface area contributed by atoms with Crippen LogP contribution < -0.4 is 10.1 Å². The van der Waals surface area contributed by atoms with Crippen molar-refractivity contribution in [2.75, 3.05) is 12.4 Å². The van der Waals surface area contributed by atoms with Gasteiger partial charge in [-0.05, 0) is 55.5 Å². The molecule has 2 heterocycles. The Labute approximate surface area is 179 Å². The van der Waals surface area contributed by atoms with Crippen LogP contribution in [-0.2, 0) is 11.3 Å². The van der Waals surface area contributed by atoms with E-state index in [2.05, 4.69) is 26.5 Å². The lowest BCUT2D eigenvalue weighted by Crippen LogP contribution is -2.11. The highest BCUT2D eigenvalue weighted by molar-refractivity contribution is 5.97. The van der Waals surface area contributed by atoms with E-state index >= 15 is 0 Å². The minimum atomic E-state index is -0.454. The Morgan fingerprint density at radius 1 is 1.35 bits per heavy atom. The molecule has 9 nitrogen and oxygen atoms in total. The summed E-state index contributed by atoms with van der Waals surface area (Å²) in [6, 6.07) is 5.99. The first-order valence-electron chi connectivity index (χ1n) is 9.88. The zero-order valence-corrected chi connectivity index (χ0v) is 17.5. The summed E-state index contributed by atoms with van der Waals surface area (Å²) >= 11 is 0. The SMILES string of the molecule is COC(=O)c1cc(Oc2ncc(Cn3cncn3)c(C)c2C#N)cc(C)c1NC1CC1. The Kier molecular flexibility index (Phi) is 5.54. The highest BCUT2D eigenvalue weighted by Gasteiger charge is 2.25. The molecule has 0 radical (unpaired) electrons. The van der Waals surface area contributed by atoms with Crippen molar-refractivity contribution in [2.45, 2.75) is 39.3 Å². The second kappa shape index (κ2) is 8.44. The fourth-order valence-electron chi connectivity index (χ4n) is 3.30. The number of hydrogen-bond donors (Lipinski definition) is 1. The smallest absolute Gasteiger partial charge is 0.340 e. The van der Waals surface area contributed by atoms with Gasteiger partial charge in [-0.3, -0.25) is 0 Å². The van der Waals surface area contributed by atoms with Crippen molar-refractivity contribution < 1.29 is 14.3 Å². The fourth-order valence-corrected chi connectivity index (χ4v) is 3.30. The molecule has 0 aliphatic heterocycles. The second-order valence-electron chi connectivity index (χ2n) is 7.47. The quantitative estimate of drug-likeness (QED) is 0.581. The number of carbonyl (C=O) groups is 1. The summed E-state index contributed by atoms with van der Waals surface area (Å²) in [5.41, 5.74) is 3.90. The molecule has 0 amide bonds. The number of nitrogens with one attached hydrogen (secondary N) is 1. The summed E-state index contributed by atoms with van der Waals surface area (Å²) in [7, 11) is 1.35. The van der Waals surface area contributed by atoms with E-state index in [9.17, 15) is 10.1 Å². The maximum Gasteiger partial charge on any atom is 0.340 e. The standard InChI is InChI=1S/C22H22N6O3/c1-13-6-17(7-18(22(29)30-3)20(13)27-16-4-5-16)31-21-19(8-23)14(2)15(9-25-21)10-28-12-24-11-26-28/h6-7,9,11-12,16,27H,4-5,10H2,1-3H3. The first-order chi connectivity index (χ1) is 15.0. The fraction of sp³-hybridized carbons (Fsp3) is 0.318. The van der Waals surface area contributed by atoms with Crippen molar-refractivity contribution in [3.8, 4) is 17.7 Å². The maximum atomic E-state index is 12.4. The highest BCUT2D eigenvalue weighted by Crippen LogP contribution is 2.35. The predicted octanol–water partition coefficient (Wildman–Crippen LogP) is 3.36. The lowest BCUT2D eigenvalue weighted by molar-refractivity contribution is 0.0601. The van der Waals surface area contributed by atoms with Gasteiger partial charge in [0.05, 0.1) is 24.9 Å². The van der Waals surface area contributed by atoms with E-state index in [1.165, 1.54) is 13.4 Å². The monoisotopic (exact) mass is 418 g/mol. The van der Waals surface area contributed by atoms with Crippen LogP contribution in [0.5, 0.6) is 11.6 Å². The zero-order valence-electron chi connectivity index (χ0n) is 17.5. The molecular formula is C22H22N6O3. The van der Waals surface area contributed by atoms with Crippen LogP contribution in [0.25, 0.3) is 0 Å². The van der Waals surface area contributed by atoms with Gasteiger partial charge in [-0.25, -0.2) is 19.4 Å². The Balaban J connectivity index is 1.66. The summed E-state index contributed by atoms with van der Waals surface area (Å²) < 4.78 is 12.6. The van der Waals surface area contributed by atoms with E-state index in [1.807, 2.05) is 19.9 Å². The van der Waals surface area contributed by atoms with E-state index < -0.39 is 5.97 Å². The van der Waals surface area contributed by atoms with E-state index in [-0.39, 0.29) is 5.88 Å². The molecule has 1 aliphatic carbocycles. The number of nitriles is 1. The van der Waals surface area contributed by atoms with Gasteiger partial charge in [-0.15, -0.1) is 0 Å². The van der Waals surface area contributed by atoms with Gasteiger partial charge in [0.25, 0.3) is 0 Å². The number of rotatable bonds is 7. The number of nitrogens with zero attached hydrogens (tertiary/aromatic N) is 5. The molecule has 1 fully saturated rings. The largest absolute Gasteiger partial charge is 0.465 e. The summed E-state index contributed by atoms with van der Waals surface area (Å²) in [5.74, 6) is 0.136. The predicted molar refractivity (Wildman–Crippen MR) is 112 cm³/mol. The third-order valence-electron chi connectivity index (χ3n) is 5.17. The Morgan fingerprint density at radius 2 is 2.16 bits per heavy atom. The molecule has 0 saturated heterocycles. The molecule has 1 N–H and O–H groups in total. The van der Waals surface area contributed by atoms with Crippen molar-refractivity contribution in [1.82, 2.24) is 19.7 Å². The van der Waals surface area contributed by atoms with Crippen molar-refractivity contribution in [3.05, 3.63) is 58.8 Å². The number of esters is 1. The number of hydrogen-bond acceptors (Lipinski definition) is 8. The molecule has 1 saturated carbocycles. The highest BCUT2D eigenvalue weighted by atomic mass is 16.5. The van der Waals surface area contributed by atoms with Gasteiger partial charge in [0.1, 0.15) is 30.0 Å². The number of aryl methyl sites for hydroxylation is 1. The molecule has 1 aromatic carbocycles. The van der Waals surface area contributed by atoms with Crippen LogP contribution in [0.15, 0.2) is 31.0 Å². The molecule has 0 spiro atoms. The Hall–Kier alpha value is -3.93. The molecule has 31 heavy (non-hydrogen) atoms. The van der Waals surface area contributed by atoms with Crippen molar-refractivity contribution >= 4 is 11.7 Å². The van der Waals surface area contributed by atoms with Gasteiger partial charge in [-0.1, -0.05) is 0 Å². The summed E-state index contributed by atoms with van der Waals surface area (Å²) in [5, 5.41) is 17.2. The lowest BCUT2D eigenvalue weighted by atomic mass is 10.1. The summed E-state index contributed by atoms with van der Waals surface area (Å²) in [4.78, 5) is 20.6. The normalized spacial score (nSPS) is 12.8. The first-order valence-corrected chi connectivity index (χ1v) is 9.88. The Morgan fingerprint density at radius 3 is 2.81 bits per heavy atom.